The molecule has 0 saturated heterocycles. The summed E-state index contributed by atoms with van der Waals surface area (Å²) in [6, 6.07) is 4.61. The Labute approximate surface area is 169 Å². The summed E-state index contributed by atoms with van der Waals surface area (Å²) >= 11 is 5.97. The van der Waals surface area contributed by atoms with Crippen LogP contribution in [0.25, 0.3) is 0 Å². The number of halogens is 1. The number of nitrogens with zero attached hydrogens (tertiary/aromatic N) is 1. The van der Waals surface area contributed by atoms with Gasteiger partial charge in [0.25, 0.3) is 0 Å². The lowest BCUT2D eigenvalue weighted by Gasteiger charge is -2.11. The second-order valence-electron chi connectivity index (χ2n) is 6.36. The molecule has 0 spiro atoms. The van der Waals surface area contributed by atoms with Gasteiger partial charge in [0.1, 0.15) is 11.3 Å². The molecule has 0 fully saturated rings. The number of ether oxygens (including phenoxy) is 3. The maximum absolute atomic E-state index is 12.6. The van der Waals surface area contributed by atoms with Crippen LogP contribution >= 0.6 is 11.6 Å². The molecule has 2 rings (SSSR count). The lowest BCUT2D eigenvalue weighted by atomic mass is 10.1. The summed E-state index contributed by atoms with van der Waals surface area (Å²) in [6.07, 6.45) is 0.840. The highest BCUT2D eigenvalue weighted by Gasteiger charge is 2.20. The van der Waals surface area contributed by atoms with Crippen LogP contribution in [0, 0.1) is 13.8 Å². The number of benzene rings is 1. The number of esters is 1. The van der Waals surface area contributed by atoms with Gasteiger partial charge >= 0.3 is 5.97 Å². The molecule has 1 heterocycles. The maximum atomic E-state index is 12.6. The van der Waals surface area contributed by atoms with Crippen LogP contribution in [-0.2, 0) is 16.0 Å². The van der Waals surface area contributed by atoms with Crippen molar-refractivity contribution in [1.82, 2.24) is 4.57 Å². The van der Waals surface area contributed by atoms with Crippen LogP contribution in [0.15, 0.2) is 18.2 Å². The molecule has 0 radical (unpaired) electrons. The van der Waals surface area contributed by atoms with Gasteiger partial charge in [-0.05, 0) is 32.4 Å². The van der Waals surface area contributed by atoms with Gasteiger partial charge in [-0.3, -0.25) is 4.79 Å². The molecule has 0 aliphatic heterocycles. The largest absolute Gasteiger partial charge is 0.496 e. The Morgan fingerprint density at radius 1 is 1.14 bits per heavy atom. The maximum Gasteiger partial charge on any atom is 0.342 e. The predicted octanol–water partition coefficient (Wildman–Crippen LogP) is 3.43. The van der Waals surface area contributed by atoms with Crippen molar-refractivity contribution in [3.63, 3.8) is 0 Å². The Kier molecular flexibility index (Phi) is 7.48. The standard InChI is InChI=1S/C20H25ClN2O5/c1-12-8-14(13(2)23(12)6-5-7-26-3)18(24)11-28-20(25)15-9-16(21)17(22)10-19(15)27-4/h8-10H,5-7,11,22H2,1-4H3. The van der Waals surface area contributed by atoms with Crippen molar-refractivity contribution in [1.29, 1.82) is 0 Å². The number of nitrogens with two attached hydrogens (primary N) is 1. The summed E-state index contributed by atoms with van der Waals surface area (Å²) in [5, 5.41) is 0.207. The SMILES string of the molecule is COCCCn1c(C)cc(C(=O)COC(=O)c2cc(Cl)c(N)cc2OC)c1C. The quantitative estimate of drug-likeness (QED) is 0.296. The van der Waals surface area contributed by atoms with Crippen LogP contribution in [0.2, 0.25) is 5.02 Å². The van der Waals surface area contributed by atoms with Crippen LogP contribution in [0.5, 0.6) is 5.75 Å². The van der Waals surface area contributed by atoms with Gasteiger partial charge in [0, 0.05) is 43.3 Å². The molecule has 0 unspecified atom stereocenters. The predicted molar refractivity (Wildman–Crippen MR) is 107 cm³/mol. The van der Waals surface area contributed by atoms with Crippen molar-refractivity contribution in [2.24, 2.45) is 0 Å². The van der Waals surface area contributed by atoms with Gasteiger partial charge in [0.05, 0.1) is 17.8 Å². The molecule has 152 valence electrons. The minimum absolute atomic E-state index is 0.111. The van der Waals surface area contributed by atoms with E-state index < -0.39 is 5.97 Å². The summed E-state index contributed by atoms with van der Waals surface area (Å²) < 4.78 is 17.5. The molecule has 0 aliphatic rings. The third-order valence-electron chi connectivity index (χ3n) is 4.48. The minimum Gasteiger partial charge on any atom is -0.496 e. The number of aromatic nitrogens is 1. The molecule has 1 aromatic heterocycles. The molecular weight excluding hydrogens is 384 g/mol. The number of rotatable bonds is 9. The topological polar surface area (TPSA) is 92.8 Å². The summed E-state index contributed by atoms with van der Waals surface area (Å²) in [6.45, 7) is 4.82. The molecule has 28 heavy (non-hydrogen) atoms. The first kappa shape index (κ1) is 21.8. The van der Waals surface area contributed by atoms with Gasteiger partial charge in [-0.15, -0.1) is 0 Å². The number of hydrogen-bond donors (Lipinski definition) is 1. The first-order valence-electron chi connectivity index (χ1n) is 8.79. The van der Waals surface area contributed by atoms with Crippen LogP contribution in [0.4, 0.5) is 5.69 Å². The van der Waals surface area contributed by atoms with Crippen LogP contribution in [0.3, 0.4) is 0 Å². The highest BCUT2D eigenvalue weighted by molar-refractivity contribution is 6.33. The van der Waals surface area contributed by atoms with E-state index in [-0.39, 0.29) is 34.4 Å². The molecule has 8 heteroatoms. The zero-order chi connectivity index (χ0) is 20.8. The van der Waals surface area contributed by atoms with Crippen molar-refractivity contribution in [2.75, 3.05) is 33.2 Å². The van der Waals surface area contributed by atoms with E-state index in [9.17, 15) is 9.59 Å². The second-order valence-corrected chi connectivity index (χ2v) is 6.76. The number of ketones is 1. The molecule has 2 aromatic rings. The number of carbonyl (C=O) groups excluding carboxylic acids is 2. The van der Waals surface area contributed by atoms with Crippen molar-refractivity contribution >= 4 is 29.0 Å². The van der Waals surface area contributed by atoms with Crippen molar-refractivity contribution in [3.05, 3.63) is 45.7 Å². The lowest BCUT2D eigenvalue weighted by Crippen LogP contribution is -2.16. The Morgan fingerprint density at radius 2 is 1.86 bits per heavy atom. The van der Waals surface area contributed by atoms with Gasteiger partial charge in [-0.1, -0.05) is 11.6 Å². The first-order valence-corrected chi connectivity index (χ1v) is 9.17. The smallest absolute Gasteiger partial charge is 0.342 e. The fourth-order valence-corrected chi connectivity index (χ4v) is 3.14. The van der Waals surface area contributed by atoms with E-state index in [0.29, 0.717) is 12.2 Å². The Hall–Kier alpha value is -2.51. The minimum atomic E-state index is -0.707. The lowest BCUT2D eigenvalue weighted by molar-refractivity contribution is 0.0471. The van der Waals surface area contributed by atoms with Gasteiger partial charge in [-0.25, -0.2) is 4.79 Å². The molecule has 0 saturated carbocycles. The molecule has 0 aliphatic carbocycles. The van der Waals surface area contributed by atoms with E-state index in [1.807, 2.05) is 13.8 Å². The molecule has 2 N–H and O–H groups in total. The number of methoxy groups -OCH3 is 2. The number of aryl methyl sites for hydroxylation is 1. The number of nitrogen functional groups attached to an aromatic ring is 1. The van der Waals surface area contributed by atoms with E-state index >= 15 is 0 Å². The zero-order valence-electron chi connectivity index (χ0n) is 16.5. The summed E-state index contributed by atoms with van der Waals surface area (Å²) in [7, 11) is 3.06. The second kappa shape index (κ2) is 9.61. The Morgan fingerprint density at radius 3 is 2.50 bits per heavy atom. The fourth-order valence-electron chi connectivity index (χ4n) is 2.98. The third-order valence-corrected chi connectivity index (χ3v) is 4.80. The average Bonchev–Trinajstić information content (AvgIpc) is 2.96. The van der Waals surface area contributed by atoms with E-state index in [1.54, 1.807) is 13.2 Å². The molecule has 0 amide bonds. The molecular formula is C20H25ClN2O5. The molecule has 1 aromatic carbocycles. The van der Waals surface area contributed by atoms with E-state index in [4.69, 9.17) is 31.5 Å². The summed E-state index contributed by atoms with van der Waals surface area (Å²) in [5.74, 6) is -0.753. The fraction of sp³-hybridized carbons (Fsp3) is 0.400. The number of Topliss-reactive ketones (excluding diaryl/α,β-unsaturated/α-hetero) is 1. The Bertz CT molecular complexity index is 876. The van der Waals surface area contributed by atoms with Gasteiger partial charge in [0.15, 0.2) is 6.61 Å². The van der Waals surface area contributed by atoms with Gasteiger partial charge in [0.2, 0.25) is 5.78 Å². The Balaban J connectivity index is 2.09. The molecule has 0 atom stereocenters. The summed E-state index contributed by atoms with van der Waals surface area (Å²) in [5.41, 5.74) is 8.44. The average molecular weight is 409 g/mol. The van der Waals surface area contributed by atoms with E-state index in [1.165, 1.54) is 19.2 Å². The van der Waals surface area contributed by atoms with Crippen LogP contribution in [-0.4, -0.2) is 43.8 Å². The van der Waals surface area contributed by atoms with E-state index in [2.05, 4.69) is 4.57 Å². The monoisotopic (exact) mass is 408 g/mol. The van der Waals surface area contributed by atoms with Crippen LogP contribution < -0.4 is 10.5 Å². The van der Waals surface area contributed by atoms with Gasteiger partial charge in [-0.2, -0.15) is 0 Å². The third kappa shape index (κ3) is 4.85. The van der Waals surface area contributed by atoms with Crippen molar-refractivity contribution < 1.29 is 23.8 Å². The number of carbonyl (C=O) groups is 2. The van der Waals surface area contributed by atoms with Crippen molar-refractivity contribution in [3.8, 4) is 5.75 Å². The normalized spacial score (nSPS) is 10.8. The number of anilines is 1. The van der Waals surface area contributed by atoms with Gasteiger partial charge < -0.3 is 24.5 Å². The zero-order valence-corrected chi connectivity index (χ0v) is 17.3. The van der Waals surface area contributed by atoms with Crippen molar-refractivity contribution in [2.45, 2.75) is 26.8 Å². The number of hydrogen-bond acceptors (Lipinski definition) is 6. The first-order chi connectivity index (χ1) is 13.3. The highest BCUT2D eigenvalue weighted by atomic mass is 35.5. The highest BCUT2D eigenvalue weighted by Crippen LogP contribution is 2.29. The van der Waals surface area contributed by atoms with Crippen LogP contribution in [0.1, 0.15) is 38.5 Å². The van der Waals surface area contributed by atoms with E-state index in [0.717, 1.165) is 24.4 Å². The molecule has 7 nitrogen and oxygen atoms in total. The summed E-state index contributed by atoms with van der Waals surface area (Å²) in [4.78, 5) is 25.0. The molecule has 0 bridgehead atoms.